The Labute approximate surface area is 130 Å². The second-order valence-electron chi connectivity index (χ2n) is 5.83. The van der Waals surface area contributed by atoms with E-state index in [1.54, 1.807) is 0 Å². The van der Waals surface area contributed by atoms with Gasteiger partial charge in [-0.05, 0) is 42.0 Å². The maximum atomic E-state index is 6.06. The molecule has 22 heavy (non-hydrogen) atoms. The third-order valence-corrected chi connectivity index (χ3v) is 4.19. The minimum absolute atomic E-state index is 0.342. The molecule has 1 aliphatic heterocycles. The van der Waals surface area contributed by atoms with Gasteiger partial charge in [0.25, 0.3) is 0 Å². The Kier molecular flexibility index (Phi) is 2.93. The molecule has 0 spiro atoms. The summed E-state index contributed by atoms with van der Waals surface area (Å²) in [5.74, 6) is 1.28. The second-order valence-corrected chi connectivity index (χ2v) is 5.83. The fraction of sp³-hybridized carbons (Fsp3) is 0.158. The SMILES string of the molecule is CN(C)c1ccc(N2C=CC3=C(C=C4C=CC=CC43)O2)cc1. The minimum atomic E-state index is 0.342. The van der Waals surface area contributed by atoms with Crippen molar-refractivity contribution in [3.8, 4) is 0 Å². The summed E-state index contributed by atoms with van der Waals surface area (Å²) in [6, 6.07) is 8.32. The van der Waals surface area contributed by atoms with Crippen LogP contribution in [0.1, 0.15) is 0 Å². The third kappa shape index (κ3) is 2.06. The van der Waals surface area contributed by atoms with Crippen molar-refractivity contribution in [2.45, 2.75) is 0 Å². The molecular weight excluding hydrogens is 272 g/mol. The highest BCUT2D eigenvalue weighted by molar-refractivity contribution is 5.60. The van der Waals surface area contributed by atoms with Crippen molar-refractivity contribution in [2.75, 3.05) is 24.1 Å². The Morgan fingerprint density at radius 3 is 2.64 bits per heavy atom. The van der Waals surface area contributed by atoms with Crippen LogP contribution >= 0.6 is 0 Å². The van der Waals surface area contributed by atoms with Crippen molar-refractivity contribution < 1.29 is 4.84 Å². The summed E-state index contributed by atoms with van der Waals surface area (Å²) in [6.07, 6.45) is 14.8. The van der Waals surface area contributed by atoms with Crippen molar-refractivity contribution in [1.29, 1.82) is 0 Å². The third-order valence-electron chi connectivity index (χ3n) is 4.19. The standard InChI is InChI=1S/C19H18N2O/c1-20(2)15-7-9-16(10-8-15)21-12-11-18-17-6-4-3-5-14(17)13-19(18)22-21/h3-13,17H,1-2H3. The van der Waals surface area contributed by atoms with Crippen LogP contribution in [-0.2, 0) is 4.84 Å². The number of rotatable bonds is 2. The molecule has 2 aliphatic carbocycles. The highest BCUT2D eigenvalue weighted by Crippen LogP contribution is 2.39. The summed E-state index contributed by atoms with van der Waals surface area (Å²) >= 11 is 0. The number of nitrogens with zero attached hydrogens (tertiary/aromatic N) is 2. The average Bonchev–Trinajstić information content (AvgIpc) is 2.92. The molecule has 1 aromatic rings. The van der Waals surface area contributed by atoms with Gasteiger partial charge in [0.1, 0.15) is 0 Å². The van der Waals surface area contributed by atoms with E-state index in [2.05, 4.69) is 65.6 Å². The van der Waals surface area contributed by atoms with Gasteiger partial charge in [-0.3, -0.25) is 0 Å². The summed E-state index contributed by atoms with van der Waals surface area (Å²) in [5.41, 5.74) is 4.72. The van der Waals surface area contributed by atoms with E-state index in [-0.39, 0.29) is 0 Å². The molecule has 0 saturated carbocycles. The van der Waals surface area contributed by atoms with Gasteiger partial charge in [0.2, 0.25) is 0 Å². The van der Waals surface area contributed by atoms with Crippen LogP contribution in [0.3, 0.4) is 0 Å². The van der Waals surface area contributed by atoms with E-state index in [1.165, 1.54) is 16.8 Å². The van der Waals surface area contributed by atoms with Crippen LogP contribution in [0.5, 0.6) is 0 Å². The number of fused-ring (bicyclic) bond motifs is 2. The first kappa shape index (κ1) is 13.0. The van der Waals surface area contributed by atoms with E-state index in [9.17, 15) is 0 Å². The second kappa shape index (κ2) is 4.95. The molecule has 0 aromatic heterocycles. The first-order chi connectivity index (χ1) is 10.7. The number of hydrogen-bond acceptors (Lipinski definition) is 3. The fourth-order valence-corrected chi connectivity index (χ4v) is 2.95. The van der Waals surface area contributed by atoms with Crippen LogP contribution in [0.4, 0.5) is 11.4 Å². The summed E-state index contributed by atoms with van der Waals surface area (Å²) in [6.45, 7) is 0. The number of allylic oxidation sites excluding steroid dienone is 8. The smallest absolute Gasteiger partial charge is 0.160 e. The molecule has 0 N–H and O–H groups in total. The van der Waals surface area contributed by atoms with Crippen LogP contribution in [0.15, 0.2) is 83.8 Å². The zero-order valence-corrected chi connectivity index (χ0v) is 12.7. The van der Waals surface area contributed by atoms with Crippen molar-refractivity contribution >= 4 is 11.4 Å². The van der Waals surface area contributed by atoms with Gasteiger partial charge in [-0.2, -0.15) is 5.06 Å². The topological polar surface area (TPSA) is 15.7 Å². The summed E-state index contributed by atoms with van der Waals surface area (Å²) in [7, 11) is 4.08. The molecule has 1 heterocycles. The number of hydrogen-bond donors (Lipinski definition) is 0. The molecule has 1 unspecified atom stereocenters. The lowest BCUT2D eigenvalue weighted by atomic mass is 9.92. The first-order valence-electron chi connectivity index (χ1n) is 7.46. The highest BCUT2D eigenvalue weighted by atomic mass is 16.7. The molecule has 3 heteroatoms. The van der Waals surface area contributed by atoms with Gasteiger partial charge in [0, 0.05) is 37.5 Å². The van der Waals surface area contributed by atoms with Gasteiger partial charge in [-0.15, -0.1) is 0 Å². The average molecular weight is 290 g/mol. The molecule has 4 rings (SSSR count). The Bertz CT molecular complexity index is 748. The maximum absolute atomic E-state index is 6.06. The summed E-state index contributed by atoms with van der Waals surface area (Å²) in [4.78, 5) is 8.14. The van der Waals surface area contributed by atoms with E-state index in [1.807, 2.05) is 25.4 Å². The first-order valence-corrected chi connectivity index (χ1v) is 7.46. The molecule has 0 bridgehead atoms. The summed E-state index contributed by atoms with van der Waals surface area (Å²) in [5, 5.41) is 1.82. The molecule has 0 amide bonds. The van der Waals surface area contributed by atoms with E-state index < -0.39 is 0 Å². The van der Waals surface area contributed by atoms with Gasteiger partial charge in [-0.25, -0.2) is 0 Å². The lowest BCUT2D eigenvalue weighted by Crippen LogP contribution is -2.20. The zero-order chi connectivity index (χ0) is 15.1. The van der Waals surface area contributed by atoms with Crippen LogP contribution in [0.2, 0.25) is 0 Å². The molecule has 1 aromatic carbocycles. The van der Waals surface area contributed by atoms with Crippen molar-refractivity contribution in [1.82, 2.24) is 0 Å². The quantitative estimate of drug-likeness (QED) is 0.820. The Balaban J connectivity index is 1.58. The number of anilines is 2. The molecule has 0 fully saturated rings. The molecule has 0 saturated heterocycles. The highest BCUT2D eigenvalue weighted by Gasteiger charge is 2.29. The maximum Gasteiger partial charge on any atom is 0.160 e. The molecule has 3 nitrogen and oxygen atoms in total. The predicted octanol–water partition coefficient (Wildman–Crippen LogP) is 3.95. The number of hydroxylamine groups is 1. The molecule has 110 valence electrons. The Morgan fingerprint density at radius 1 is 1.05 bits per heavy atom. The lowest BCUT2D eigenvalue weighted by molar-refractivity contribution is 0.217. The minimum Gasteiger partial charge on any atom is -0.378 e. The number of benzene rings is 1. The van der Waals surface area contributed by atoms with Crippen LogP contribution in [0, 0.1) is 5.92 Å². The van der Waals surface area contributed by atoms with Gasteiger partial charge < -0.3 is 9.74 Å². The molecular formula is C19H18N2O. The van der Waals surface area contributed by atoms with E-state index in [4.69, 9.17) is 4.84 Å². The van der Waals surface area contributed by atoms with Gasteiger partial charge >= 0.3 is 0 Å². The van der Waals surface area contributed by atoms with E-state index in [0.29, 0.717) is 5.92 Å². The van der Waals surface area contributed by atoms with Crippen molar-refractivity contribution in [3.05, 3.63) is 83.8 Å². The van der Waals surface area contributed by atoms with Crippen molar-refractivity contribution in [2.24, 2.45) is 5.92 Å². The Hall–Kier alpha value is -2.68. The molecule has 1 atom stereocenters. The van der Waals surface area contributed by atoms with Crippen molar-refractivity contribution in [3.63, 3.8) is 0 Å². The normalized spacial score (nSPS) is 21.5. The fourth-order valence-electron chi connectivity index (χ4n) is 2.95. The van der Waals surface area contributed by atoms with E-state index >= 15 is 0 Å². The Morgan fingerprint density at radius 2 is 1.86 bits per heavy atom. The van der Waals surface area contributed by atoms with Crippen LogP contribution in [0.25, 0.3) is 0 Å². The monoisotopic (exact) mass is 290 g/mol. The zero-order valence-electron chi connectivity index (χ0n) is 12.7. The molecule has 0 radical (unpaired) electrons. The van der Waals surface area contributed by atoms with E-state index in [0.717, 1.165) is 11.4 Å². The van der Waals surface area contributed by atoms with Gasteiger partial charge in [-0.1, -0.05) is 24.3 Å². The predicted molar refractivity (Wildman–Crippen MR) is 90.4 cm³/mol. The van der Waals surface area contributed by atoms with Crippen LogP contribution < -0.4 is 9.96 Å². The molecule has 3 aliphatic rings. The van der Waals surface area contributed by atoms with Gasteiger partial charge in [0.05, 0.1) is 5.69 Å². The largest absolute Gasteiger partial charge is 0.378 e. The van der Waals surface area contributed by atoms with Crippen LogP contribution in [-0.4, -0.2) is 14.1 Å². The summed E-state index contributed by atoms with van der Waals surface area (Å²) < 4.78 is 0. The lowest BCUT2D eigenvalue weighted by Gasteiger charge is -2.26. The van der Waals surface area contributed by atoms with Gasteiger partial charge in [0.15, 0.2) is 5.76 Å².